The van der Waals surface area contributed by atoms with E-state index in [1.807, 2.05) is 19.2 Å². The summed E-state index contributed by atoms with van der Waals surface area (Å²) in [6.07, 6.45) is 15.2. The first-order chi connectivity index (χ1) is 30.7. The molecule has 2 aliphatic heterocycles. The lowest BCUT2D eigenvalue weighted by Crippen LogP contribution is -2.22. The Hall–Kier alpha value is -5.35. The molecule has 5 aromatic rings. The average Bonchev–Trinajstić information content (AvgIpc) is 4.04. The summed E-state index contributed by atoms with van der Waals surface area (Å²) in [7, 11) is 8.35. The summed E-state index contributed by atoms with van der Waals surface area (Å²) in [5, 5.41) is 32.4. The van der Waals surface area contributed by atoms with Gasteiger partial charge in [0.05, 0.1) is 74.8 Å². The molecule has 0 radical (unpaired) electrons. The Kier molecular flexibility index (Phi) is 27.7. The van der Waals surface area contributed by atoms with Crippen molar-refractivity contribution in [3.05, 3.63) is 76.6 Å². The van der Waals surface area contributed by atoms with E-state index in [0.29, 0.717) is 69.0 Å². The highest BCUT2D eigenvalue weighted by atomic mass is 35.5. The van der Waals surface area contributed by atoms with Gasteiger partial charge in [-0.15, -0.1) is 15.3 Å². The number of halogens is 3. The van der Waals surface area contributed by atoms with Gasteiger partial charge in [0.2, 0.25) is 0 Å². The van der Waals surface area contributed by atoms with Gasteiger partial charge >= 0.3 is 0 Å². The van der Waals surface area contributed by atoms with Crippen LogP contribution in [0.3, 0.4) is 0 Å². The standard InChI is InChI=1S/C18H26N6O2.C13H21N3O2.C5H6ClN3.C4H2Cl2N2.CH5N.H2O/c1-19-14-10-18(23-21-12-14)22-17-11-15(16(25-2)13-20-17)26-9-5-8-24-6-3-4-7-24;1-17-12-10-15-13(14)9-11(12)18-8-4-7-16-5-2-3-6-16;1-7-4-2-5(6)9-8-3-4;5-3-1-4(6)8-7-2-3;1-2;/h10-13H,3-9H2,1-2H3,(H2,19,20,22,23);9-10H,2-8H2,1H3,(H2,14,15);2-3H,1H3,(H,7,9);1-2H;2H2,1H3;1H2. The highest BCUT2D eigenvalue weighted by molar-refractivity contribution is 6.33. The zero-order valence-electron chi connectivity index (χ0n) is 37.1. The fraction of sp³-hybridized carbons (Fsp3) is 0.463. The largest absolute Gasteiger partial charge is 0.491 e. The number of nitrogens with zero attached hydrogens (tertiary/aromatic N) is 10. The zero-order chi connectivity index (χ0) is 45.7. The predicted octanol–water partition coefficient (Wildman–Crippen LogP) is 5.77. The Morgan fingerprint density at radius 1 is 0.594 bits per heavy atom. The SMILES string of the molecule is CN.CNc1cnnc(Cl)c1.CNc1cnnc(Nc2cc(OCCCN3CCCC3)c(OC)cn2)c1.COc1cnc(N)cc1OCCCN1CCCC1.Clc1cnnc(Cl)c1.O. The zero-order valence-corrected chi connectivity index (χ0v) is 39.3. The molecule has 7 rings (SSSR count). The first-order valence-corrected chi connectivity index (χ1v) is 21.5. The average molecular weight is 951 g/mol. The minimum atomic E-state index is 0. The summed E-state index contributed by atoms with van der Waals surface area (Å²) < 4.78 is 22.2. The molecule has 0 saturated carbocycles. The third-order valence-corrected chi connectivity index (χ3v) is 9.55. The highest BCUT2D eigenvalue weighted by Gasteiger charge is 2.13. The number of hydrogen-bond acceptors (Lipinski definition) is 19. The summed E-state index contributed by atoms with van der Waals surface area (Å²) in [5.41, 5.74) is 11.9. The van der Waals surface area contributed by atoms with E-state index < -0.39 is 0 Å². The summed E-state index contributed by atoms with van der Waals surface area (Å²) in [5.74, 6) is 4.27. The lowest BCUT2D eigenvalue weighted by molar-refractivity contribution is 0.254. The van der Waals surface area contributed by atoms with Crippen LogP contribution in [0.5, 0.6) is 23.0 Å². The summed E-state index contributed by atoms with van der Waals surface area (Å²) >= 11 is 16.4. The third kappa shape index (κ3) is 21.3. The van der Waals surface area contributed by atoms with Crippen molar-refractivity contribution >= 4 is 63.6 Å². The van der Waals surface area contributed by atoms with Gasteiger partial charge < -0.3 is 61.6 Å². The summed E-state index contributed by atoms with van der Waals surface area (Å²) in [6, 6.07) is 8.61. The molecule has 2 aliphatic rings. The lowest BCUT2D eigenvalue weighted by atomic mass is 10.3. The van der Waals surface area contributed by atoms with Gasteiger partial charge in [0, 0.05) is 51.5 Å². The molecule has 352 valence electrons. The molecular formula is C41H62Cl3N15O5. The molecular weight excluding hydrogens is 889 g/mol. The van der Waals surface area contributed by atoms with Gasteiger partial charge in [-0.25, -0.2) is 9.97 Å². The molecule has 2 fully saturated rings. The van der Waals surface area contributed by atoms with Gasteiger partial charge in [-0.3, -0.25) is 0 Å². The monoisotopic (exact) mass is 949 g/mol. The molecule has 0 aromatic carbocycles. The molecule has 5 aromatic heterocycles. The molecule has 0 amide bonds. The molecule has 9 N–H and O–H groups in total. The van der Waals surface area contributed by atoms with E-state index in [9.17, 15) is 0 Å². The topological polar surface area (TPSA) is 266 Å². The molecule has 23 heteroatoms. The number of nitrogen functional groups attached to an aromatic ring is 1. The smallest absolute Gasteiger partial charge is 0.179 e. The van der Waals surface area contributed by atoms with Crippen molar-refractivity contribution in [3.8, 4) is 23.0 Å². The molecule has 0 unspecified atom stereocenters. The maximum atomic E-state index is 5.93. The van der Waals surface area contributed by atoms with Crippen LogP contribution in [-0.4, -0.2) is 144 Å². The van der Waals surface area contributed by atoms with Crippen LogP contribution >= 0.6 is 34.8 Å². The minimum absolute atomic E-state index is 0. The molecule has 7 heterocycles. The number of methoxy groups -OCH3 is 2. The van der Waals surface area contributed by atoms with E-state index in [2.05, 4.69) is 72.0 Å². The number of anilines is 5. The Morgan fingerprint density at radius 2 is 1.08 bits per heavy atom. The molecule has 20 nitrogen and oxygen atoms in total. The number of aromatic nitrogens is 8. The fourth-order valence-corrected chi connectivity index (χ4v) is 6.43. The van der Waals surface area contributed by atoms with Gasteiger partial charge in [-0.05, 0) is 77.8 Å². The Bertz CT molecular complexity index is 2000. The van der Waals surface area contributed by atoms with Gasteiger partial charge in [-0.2, -0.15) is 15.3 Å². The fourth-order valence-electron chi connectivity index (χ4n) is 5.91. The van der Waals surface area contributed by atoms with Crippen LogP contribution in [0.25, 0.3) is 0 Å². The number of rotatable bonds is 16. The van der Waals surface area contributed by atoms with Crippen molar-refractivity contribution in [2.24, 2.45) is 5.73 Å². The summed E-state index contributed by atoms with van der Waals surface area (Å²) in [4.78, 5) is 13.3. The van der Waals surface area contributed by atoms with Crippen LogP contribution in [0, 0.1) is 0 Å². The van der Waals surface area contributed by atoms with Crippen LogP contribution in [0.4, 0.5) is 28.8 Å². The van der Waals surface area contributed by atoms with E-state index in [-0.39, 0.29) is 5.48 Å². The van der Waals surface area contributed by atoms with E-state index in [1.54, 1.807) is 58.2 Å². The Balaban J connectivity index is 0.000000319. The van der Waals surface area contributed by atoms with Gasteiger partial charge in [0.25, 0.3) is 0 Å². The van der Waals surface area contributed by atoms with Crippen LogP contribution in [0.1, 0.15) is 38.5 Å². The molecule has 0 aliphatic carbocycles. The number of nitrogens with two attached hydrogens (primary N) is 2. The number of hydrogen-bond donors (Lipinski definition) is 5. The van der Waals surface area contributed by atoms with E-state index in [0.717, 1.165) is 37.3 Å². The maximum absolute atomic E-state index is 5.93. The van der Waals surface area contributed by atoms with E-state index in [1.165, 1.54) is 71.2 Å². The Labute approximate surface area is 390 Å². The Morgan fingerprint density at radius 3 is 1.55 bits per heavy atom. The second-order valence-electron chi connectivity index (χ2n) is 13.4. The number of nitrogens with one attached hydrogen (secondary N) is 3. The van der Waals surface area contributed by atoms with Crippen molar-refractivity contribution in [1.29, 1.82) is 0 Å². The molecule has 0 spiro atoms. The maximum Gasteiger partial charge on any atom is 0.179 e. The minimum Gasteiger partial charge on any atom is -0.491 e. The van der Waals surface area contributed by atoms with Crippen molar-refractivity contribution in [1.82, 2.24) is 50.4 Å². The van der Waals surface area contributed by atoms with Gasteiger partial charge in [-0.1, -0.05) is 34.8 Å². The second-order valence-corrected chi connectivity index (χ2v) is 14.6. The van der Waals surface area contributed by atoms with Crippen LogP contribution in [0.2, 0.25) is 15.3 Å². The summed E-state index contributed by atoms with van der Waals surface area (Å²) in [6.45, 7) is 8.37. The molecule has 2 saturated heterocycles. The number of pyridine rings is 2. The number of ether oxygens (including phenoxy) is 4. The van der Waals surface area contributed by atoms with Gasteiger partial charge in [0.1, 0.15) is 11.6 Å². The molecule has 0 atom stereocenters. The first kappa shape index (κ1) is 54.8. The third-order valence-electron chi connectivity index (χ3n) is 8.98. The quantitative estimate of drug-likeness (QED) is 0.0735. The normalized spacial score (nSPS) is 12.8. The van der Waals surface area contributed by atoms with Crippen molar-refractivity contribution in [2.75, 3.05) is 110 Å². The van der Waals surface area contributed by atoms with Crippen LogP contribution in [0.15, 0.2) is 61.3 Å². The highest BCUT2D eigenvalue weighted by Crippen LogP contribution is 2.30. The predicted molar refractivity (Wildman–Crippen MR) is 255 cm³/mol. The van der Waals surface area contributed by atoms with E-state index in [4.69, 9.17) is 59.5 Å². The van der Waals surface area contributed by atoms with Crippen molar-refractivity contribution in [2.45, 2.75) is 38.5 Å². The van der Waals surface area contributed by atoms with Crippen molar-refractivity contribution < 1.29 is 24.4 Å². The van der Waals surface area contributed by atoms with Crippen LogP contribution in [-0.2, 0) is 0 Å². The van der Waals surface area contributed by atoms with E-state index >= 15 is 0 Å². The molecule has 0 bridgehead atoms. The van der Waals surface area contributed by atoms with Crippen LogP contribution < -0.4 is 46.4 Å². The number of likely N-dealkylation sites (tertiary alicyclic amines) is 2. The van der Waals surface area contributed by atoms with Gasteiger partial charge in [0.15, 0.2) is 39.1 Å². The molecule has 64 heavy (non-hydrogen) atoms. The first-order valence-electron chi connectivity index (χ1n) is 20.4. The van der Waals surface area contributed by atoms with Crippen molar-refractivity contribution in [3.63, 3.8) is 0 Å². The lowest BCUT2D eigenvalue weighted by Gasteiger charge is -2.16. The second kappa shape index (κ2) is 32.3.